The van der Waals surface area contributed by atoms with E-state index in [0.717, 1.165) is 18.3 Å². The van der Waals surface area contributed by atoms with Gasteiger partial charge in [0.15, 0.2) is 0 Å². The number of alkyl halides is 3. The fraction of sp³-hybridized carbons (Fsp3) is 0.0833. The number of hydrogen-bond acceptors (Lipinski definition) is 4. The third kappa shape index (κ3) is 3.50. The summed E-state index contributed by atoms with van der Waals surface area (Å²) < 4.78 is 38.1. The minimum Gasteiger partial charge on any atom is -0.478 e. The van der Waals surface area contributed by atoms with Gasteiger partial charge in [-0.3, -0.25) is 0 Å². The second-order valence-corrected chi connectivity index (χ2v) is 3.49. The molecule has 0 radical (unpaired) electrons. The zero-order valence-electron chi connectivity index (χ0n) is 9.69. The average molecular weight is 281 g/mol. The Balaban J connectivity index is 3.22. The first kappa shape index (κ1) is 15.1. The normalized spacial score (nSPS) is 10.1. The molecule has 0 fully saturated rings. The number of carbonyl (C=O) groups is 1. The van der Waals surface area contributed by atoms with Crippen LogP contribution in [-0.2, 0) is 6.18 Å². The maximum absolute atomic E-state index is 12.7. The van der Waals surface area contributed by atoms with Crippen molar-refractivity contribution in [3.63, 3.8) is 0 Å². The number of anilines is 1. The van der Waals surface area contributed by atoms with E-state index in [-0.39, 0.29) is 11.3 Å². The SMILES string of the molecule is N#CC(C#N)=CNc1ccc(C(=O)O)c(C(F)(F)F)c1. The molecule has 0 spiro atoms. The standard InChI is InChI=1S/C12H6F3N3O2/c13-12(14,15)10-3-8(1-2-9(10)11(19)20)18-6-7(4-16)5-17/h1-3,6,18H,(H,19,20). The average Bonchev–Trinajstić information content (AvgIpc) is 2.38. The first-order valence-electron chi connectivity index (χ1n) is 5.01. The topological polar surface area (TPSA) is 96.9 Å². The molecule has 102 valence electrons. The minimum atomic E-state index is -4.83. The number of nitrogens with zero attached hydrogens (tertiary/aromatic N) is 2. The molecule has 0 saturated heterocycles. The van der Waals surface area contributed by atoms with Crippen molar-refractivity contribution in [3.05, 3.63) is 41.1 Å². The van der Waals surface area contributed by atoms with E-state index in [1.165, 1.54) is 12.1 Å². The van der Waals surface area contributed by atoms with Crippen molar-refractivity contribution in [2.24, 2.45) is 0 Å². The van der Waals surface area contributed by atoms with E-state index in [1.54, 1.807) is 0 Å². The summed E-state index contributed by atoms with van der Waals surface area (Å²) in [5.74, 6) is -1.70. The van der Waals surface area contributed by atoms with Crippen LogP contribution in [0.3, 0.4) is 0 Å². The predicted molar refractivity (Wildman–Crippen MR) is 61.3 cm³/mol. The molecule has 0 amide bonds. The molecular formula is C12H6F3N3O2. The Bertz CT molecular complexity index is 635. The maximum atomic E-state index is 12.7. The molecule has 0 unspecified atom stereocenters. The summed E-state index contributed by atoms with van der Waals surface area (Å²) in [6.07, 6.45) is -3.90. The summed E-state index contributed by atoms with van der Waals surface area (Å²) >= 11 is 0. The van der Waals surface area contributed by atoms with Crippen molar-refractivity contribution in [2.75, 3.05) is 5.32 Å². The second kappa shape index (κ2) is 5.76. The molecule has 1 aromatic carbocycles. The molecule has 20 heavy (non-hydrogen) atoms. The van der Waals surface area contributed by atoms with Gasteiger partial charge in [-0.25, -0.2) is 4.79 Å². The van der Waals surface area contributed by atoms with Gasteiger partial charge in [-0.1, -0.05) is 0 Å². The lowest BCUT2D eigenvalue weighted by Crippen LogP contribution is -2.13. The molecular weight excluding hydrogens is 275 g/mol. The summed E-state index contributed by atoms with van der Waals surface area (Å²) in [5.41, 5.74) is -2.63. The Kier molecular flexibility index (Phi) is 4.34. The fourth-order valence-electron chi connectivity index (χ4n) is 1.30. The summed E-state index contributed by atoms with van der Waals surface area (Å²) in [6.45, 7) is 0. The van der Waals surface area contributed by atoms with Crippen LogP contribution >= 0.6 is 0 Å². The lowest BCUT2D eigenvalue weighted by Gasteiger charge is -2.12. The highest BCUT2D eigenvalue weighted by atomic mass is 19.4. The number of aromatic carboxylic acids is 1. The number of hydrogen-bond donors (Lipinski definition) is 2. The quantitative estimate of drug-likeness (QED) is 0.830. The molecule has 1 rings (SSSR count). The van der Waals surface area contributed by atoms with Gasteiger partial charge < -0.3 is 10.4 Å². The monoisotopic (exact) mass is 281 g/mol. The van der Waals surface area contributed by atoms with Crippen molar-refractivity contribution in [1.82, 2.24) is 0 Å². The lowest BCUT2D eigenvalue weighted by molar-refractivity contribution is -0.138. The number of rotatable bonds is 3. The first-order valence-corrected chi connectivity index (χ1v) is 5.01. The van der Waals surface area contributed by atoms with Gasteiger partial charge in [0, 0.05) is 11.9 Å². The number of carboxylic acid groups (broad SMARTS) is 1. The Morgan fingerprint density at radius 2 is 1.90 bits per heavy atom. The van der Waals surface area contributed by atoms with Gasteiger partial charge in [-0.2, -0.15) is 23.7 Å². The van der Waals surface area contributed by atoms with E-state index in [9.17, 15) is 18.0 Å². The Hall–Kier alpha value is -3.00. The van der Waals surface area contributed by atoms with Crippen molar-refractivity contribution < 1.29 is 23.1 Å². The van der Waals surface area contributed by atoms with E-state index in [2.05, 4.69) is 5.32 Å². The van der Waals surface area contributed by atoms with Gasteiger partial charge in [0.2, 0.25) is 0 Å². The van der Waals surface area contributed by atoms with Crippen LogP contribution in [0.15, 0.2) is 30.0 Å². The Labute approximate surface area is 111 Å². The summed E-state index contributed by atoms with van der Waals surface area (Å²) in [5, 5.41) is 28.0. The molecule has 0 saturated carbocycles. The van der Waals surface area contributed by atoms with Gasteiger partial charge in [0.05, 0.1) is 11.1 Å². The van der Waals surface area contributed by atoms with E-state index in [1.807, 2.05) is 0 Å². The van der Waals surface area contributed by atoms with Crippen LogP contribution in [0, 0.1) is 22.7 Å². The van der Waals surface area contributed by atoms with Gasteiger partial charge in [0.1, 0.15) is 17.7 Å². The molecule has 0 aromatic heterocycles. The van der Waals surface area contributed by atoms with Crippen LogP contribution in [0.25, 0.3) is 0 Å². The van der Waals surface area contributed by atoms with E-state index in [4.69, 9.17) is 15.6 Å². The van der Waals surface area contributed by atoms with Gasteiger partial charge in [0.25, 0.3) is 0 Å². The lowest BCUT2D eigenvalue weighted by atomic mass is 10.1. The van der Waals surface area contributed by atoms with E-state index < -0.39 is 23.3 Å². The van der Waals surface area contributed by atoms with Crippen molar-refractivity contribution in [3.8, 4) is 12.1 Å². The minimum absolute atomic E-state index is 0.0923. The van der Waals surface area contributed by atoms with Gasteiger partial charge in [-0.05, 0) is 18.2 Å². The highest BCUT2D eigenvalue weighted by molar-refractivity contribution is 5.90. The third-order valence-corrected chi connectivity index (χ3v) is 2.18. The van der Waals surface area contributed by atoms with Crippen molar-refractivity contribution >= 4 is 11.7 Å². The number of benzene rings is 1. The van der Waals surface area contributed by atoms with E-state index in [0.29, 0.717) is 6.07 Å². The maximum Gasteiger partial charge on any atom is 0.417 e. The molecule has 0 aliphatic carbocycles. The molecule has 1 aromatic rings. The van der Waals surface area contributed by atoms with Crippen molar-refractivity contribution in [1.29, 1.82) is 10.5 Å². The molecule has 8 heteroatoms. The van der Waals surface area contributed by atoms with Crippen LogP contribution in [0.4, 0.5) is 18.9 Å². The highest BCUT2D eigenvalue weighted by Gasteiger charge is 2.35. The van der Waals surface area contributed by atoms with E-state index >= 15 is 0 Å². The smallest absolute Gasteiger partial charge is 0.417 e. The second-order valence-electron chi connectivity index (χ2n) is 3.49. The summed E-state index contributed by atoms with van der Waals surface area (Å²) in [7, 11) is 0. The number of allylic oxidation sites excluding steroid dienone is 1. The molecule has 2 N–H and O–H groups in total. The van der Waals surface area contributed by atoms with Gasteiger partial charge >= 0.3 is 12.1 Å². The van der Waals surface area contributed by atoms with Crippen LogP contribution in [0.5, 0.6) is 0 Å². The molecule has 0 aliphatic rings. The zero-order chi connectivity index (χ0) is 15.3. The molecule has 5 nitrogen and oxygen atoms in total. The van der Waals surface area contributed by atoms with Crippen LogP contribution in [0.2, 0.25) is 0 Å². The molecule has 0 aliphatic heterocycles. The molecule has 0 bridgehead atoms. The number of carboxylic acids is 1. The predicted octanol–water partition coefficient (Wildman–Crippen LogP) is 2.75. The fourth-order valence-corrected chi connectivity index (χ4v) is 1.30. The number of halogens is 3. The van der Waals surface area contributed by atoms with Crippen molar-refractivity contribution in [2.45, 2.75) is 6.18 Å². The zero-order valence-corrected chi connectivity index (χ0v) is 9.69. The number of nitriles is 2. The van der Waals surface area contributed by atoms with Crippen LogP contribution in [-0.4, -0.2) is 11.1 Å². The first-order chi connectivity index (χ1) is 9.29. The Morgan fingerprint density at radius 1 is 1.30 bits per heavy atom. The van der Waals surface area contributed by atoms with Crippen LogP contribution in [0.1, 0.15) is 15.9 Å². The largest absolute Gasteiger partial charge is 0.478 e. The summed E-state index contributed by atoms with van der Waals surface area (Å²) in [4.78, 5) is 10.7. The Morgan fingerprint density at radius 3 is 2.35 bits per heavy atom. The number of nitrogens with one attached hydrogen (secondary N) is 1. The molecule has 0 heterocycles. The summed E-state index contributed by atoms with van der Waals surface area (Å²) in [6, 6.07) is 5.51. The van der Waals surface area contributed by atoms with Crippen LogP contribution < -0.4 is 5.32 Å². The third-order valence-electron chi connectivity index (χ3n) is 2.18. The highest BCUT2D eigenvalue weighted by Crippen LogP contribution is 2.33. The van der Waals surface area contributed by atoms with Gasteiger partial charge in [-0.15, -0.1) is 0 Å². The molecule has 0 atom stereocenters.